The molecule has 0 aromatic carbocycles. The van der Waals surface area contributed by atoms with Gasteiger partial charge in [0.2, 0.25) is 0 Å². The zero-order chi connectivity index (χ0) is 11.0. The van der Waals surface area contributed by atoms with E-state index in [2.05, 4.69) is 0 Å². The third-order valence-electron chi connectivity index (χ3n) is 1.95. The van der Waals surface area contributed by atoms with E-state index in [-0.39, 0.29) is 25.7 Å². The number of hydrogen-bond acceptors (Lipinski definition) is 4. The minimum Gasteiger partial charge on any atom is -0.480 e. The number of carboxylic acid groups (broad SMARTS) is 1. The predicted octanol–water partition coefficient (Wildman–Crippen LogP) is 1.19. The van der Waals surface area contributed by atoms with Gasteiger partial charge in [-0.2, -0.15) is 15.8 Å². The lowest BCUT2D eigenvalue weighted by Gasteiger charge is -2.18. The third-order valence-corrected chi connectivity index (χ3v) is 1.95. The Hall–Kier alpha value is -2.06. The van der Waals surface area contributed by atoms with E-state index >= 15 is 0 Å². The zero-order valence-corrected chi connectivity index (χ0v) is 7.53. The average molecular weight is 191 g/mol. The molecule has 5 heteroatoms. The Kier molecular flexibility index (Phi) is 4.74. The summed E-state index contributed by atoms with van der Waals surface area (Å²) >= 11 is 0. The number of aliphatic carboxylic acids is 1. The van der Waals surface area contributed by atoms with Gasteiger partial charge in [-0.15, -0.1) is 0 Å². The fourth-order valence-corrected chi connectivity index (χ4v) is 1.04. The molecule has 0 aliphatic rings. The fourth-order valence-electron chi connectivity index (χ4n) is 1.04. The van der Waals surface area contributed by atoms with Gasteiger partial charge in [-0.1, -0.05) is 0 Å². The monoisotopic (exact) mass is 191 g/mol. The van der Waals surface area contributed by atoms with Crippen LogP contribution in [0.4, 0.5) is 0 Å². The first-order valence-electron chi connectivity index (χ1n) is 4.01. The maximum absolute atomic E-state index is 10.8. The number of carboxylic acids is 1. The number of nitrogens with zero attached hydrogens (tertiary/aromatic N) is 3. The smallest absolute Gasteiger partial charge is 0.324 e. The standard InChI is InChI=1S/C9H9N3O2/c10-5-1-3-9(7-12,8(13)14)4-2-6-11/h1-4H2,(H,13,14). The second-order valence-electron chi connectivity index (χ2n) is 2.82. The molecule has 0 aromatic rings. The first-order valence-corrected chi connectivity index (χ1v) is 4.01. The molecule has 72 valence electrons. The van der Waals surface area contributed by atoms with Gasteiger partial charge < -0.3 is 5.11 Å². The highest BCUT2D eigenvalue weighted by atomic mass is 16.4. The van der Waals surface area contributed by atoms with Gasteiger partial charge in [0.1, 0.15) is 0 Å². The largest absolute Gasteiger partial charge is 0.480 e. The first kappa shape index (κ1) is 11.9. The van der Waals surface area contributed by atoms with Crippen LogP contribution in [0.2, 0.25) is 0 Å². The molecule has 0 radical (unpaired) electrons. The van der Waals surface area contributed by atoms with Crippen molar-refractivity contribution in [3.05, 3.63) is 0 Å². The summed E-state index contributed by atoms with van der Waals surface area (Å²) < 4.78 is 0. The number of hydrogen-bond donors (Lipinski definition) is 1. The SMILES string of the molecule is N#CCCC(C#N)(CCC#N)C(=O)O. The van der Waals surface area contributed by atoms with Crippen LogP contribution in [-0.4, -0.2) is 11.1 Å². The van der Waals surface area contributed by atoms with Gasteiger partial charge in [0.15, 0.2) is 5.41 Å². The molecule has 0 aliphatic heterocycles. The molecule has 0 aliphatic carbocycles. The second kappa shape index (κ2) is 5.56. The van der Waals surface area contributed by atoms with Crippen molar-refractivity contribution in [2.24, 2.45) is 5.41 Å². The van der Waals surface area contributed by atoms with Gasteiger partial charge in [-0.25, -0.2) is 0 Å². The predicted molar refractivity (Wildman–Crippen MR) is 45.4 cm³/mol. The van der Waals surface area contributed by atoms with Crippen LogP contribution in [0.25, 0.3) is 0 Å². The molecule has 1 N–H and O–H groups in total. The van der Waals surface area contributed by atoms with Crippen molar-refractivity contribution in [3.8, 4) is 18.2 Å². The molecule has 0 spiro atoms. The van der Waals surface area contributed by atoms with Crippen LogP contribution in [0.1, 0.15) is 25.7 Å². The minimum absolute atomic E-state index is 0.00525. The van der Waals surface area contributed by atoms with Gasteiger partial charge in [-0.05, 0) is 12.8 Å². The van der Waals surface area contributed by atoms with E-state index in [4.69, 9.17) is 20.9 Å². The minimum atomic E-state index is -1.58. The Bertz CT molecular complexity index is 311. The Morgan fingerprint density at radius 3 is 1.79 bits per heavy atom. The summed E-state index contributed by atoms with van der Waals surface area (Å²) in [7, 11) is 0. The molecule has 0 atom stereocenters. The molecule has 0 aromatic heterocycles. The summed E-state index contributed by atoms with van der Waals surface area (Å²) in [6, 6.07) is 5.27. The molecule has 0 fully saturated rings. The maximum Gasteiger partial charge on any atom is 0.324 e. The molecule has 0 amide bonds. The molecular weight excluding hydrogens is 182 g/mol. The van der Waals surface area contributed by atoms with E-state index in [0.29, 0.717) is 0 Å². The Morgan fingerprint density at radius 1 is 1.14 bits per heavy atom. The lowest BCUT2D eigenvalue weighted by atomic mass is 9.81. The van der Waals surface area contributed by atoms with Gasteiger partial charge in [0.25, 0.3) is 0 Å². The lowest BCUT2D eigenvalue weighted by Crippen LogP contribution is -2.29. The van der Waals surface area contributed by atoms with Crippen molar-refractivity contribution >= 4 is 5.97 Å². The van der Waals surface area contributed by atoms with Gasteiger partial charge >= 0.3 is 5.97 Å². The van der Waals surface area contributed by atoms with Crippen LogP contribution < -0.4 is 0 Å². The Labute approximate surface area is 81.8 Å². The summed E-state index contributed by atoms with van der Waals surface area (Å²) in [5.41, 5.74) is -1.58. The molecule has 0 unspecified atom stereocenters. The van der Waals surface area contributed by atoms with Crippen LogP contribution in [0.15, 0.2) is 0 Å². The fraction of sp³-hybridized carbons (Fsp3) is 0.556. The highest BCUT2D eigenvalue weighted by Gasteiger charge is 2.37. The van der Waals surface area contributed by atoms with Gasteiger partial charge in [-0.3, -0.25) is 4.79 Å². The van der Waals surface area contributed by atoms with Crippen LogP contribution >= 0.6 is 0 Å². The highest BCUT2D eigenvalue weighted by molar-refractivity contribution is 5.78. The van der Waals surface area contributed by atoms with E-state index in [9.17, 15) is 4.79 Å². The second-order valence-corrected chi connectivity index (χ2v) is 2.82. The number of rotatable bonds is 5. The van der Waals surface area contributed by atoms with Crippen molar-refractivity contribution in [2.75, 3.05) is 0 Å². The highest BCUT2D eigenvalue weighted by Crippen LogP contribution is 2.29. The van der Waals surface area contributed by atoms with E-state index < -0.39 is 11.4 Å². The van der Waals surface area contributed by atoms with Gasteiger partial charge in [0, 0.05) is 12.8 Å². The van der Waals surface area contributed by atoms with E-state index in [1.165, 1.54) is 0 Å². The zero-order valence-electron chi connectivity index (χ0n) is 7.53. The molecule has 0 bridgehead atoms. The summed E-state index contributed by atoms with van der Waals surface area (Å²) in [6.45, 7) is 0. The topological polar surface area (TPSA) is 109 Å². The van der Waals surface area contributed by atoms with Crippen LogP contribution in [0.5, 0.6) is 0 Å². The average Bonchev–Trinajstić information content (AvgIpc) is 2.18. The summed E-state index contributed by atoms with van der Waals surface area (Å²) in [5.74, 6) is -1.26. The van der Waals surface area contributed by atoms with Crippen molar-refractivity contribution < 1.29 is 9.90 Å². The lowest BCUT2D eigenvalue weighted by molar-refractivity contribution is -0.146. The molecule has 14 heavy (non-hydrogen) atoms. The van der Waals surface area contributed by atoms with Crippen molar-refractivity contribution in [1.82, 2.24) is 0 Å². The molecule has 0 heterocycles. The van der Waals surface area contributed by atoms with E-state index in [0.717, 1.165) is 0 Å². The quantitative estimate of drug-likeness (QED) is 0.701. The van der Waals surface area contributed by atoms with Crippen molar-refractivity contribution in [2.45, 2.75) is 25.7 Å². The summed E-state index contributed by atoms with van der Waals surface area (Å²) in [6.07, 6.45) is -0.0510. The van der Waals surface area contributed by atoms with Crippen LogP contribution in [-0.2, 0) is 4.79 Å². The maximum atomic E-state index is 10.8. The molecule has 0 saturated carbocycles. The van der Waals surface area contributed by atoms with Gasteiger partial charge in [0.05, 0.1) is 18.2 Å². The first-order chi connectivity index (χ1) is 6.63. The molecular formula is C9H9N3O2. The number of carbonyl (C=O) groups is 1. The normalized spacial score (nSPS) is 9.50. The Balaban J connectivity index is 4.66. The molecule has 5 nitrogen and oxygen atoms in total. The Morgan fingerprint density at radius 2 is 1.57 bits per heavy atom. The van der Waals surface area contributed by atoms with Crippen molar-refractivity contribution in [3.63, 3.8) is 0 Å². The molecule has 0 saturated heterocycles. The third kappa shape index (κ3) is 2.77. The van der Waals surface area contributed by atoms with Crippen LogP contribution in [0.3, 0.4) is 0 Å². The van der Waals surface area contributed by atoms with E-state index in [1.807, 2.05) is 0 Å². The van der Waals surface area contributed by atoms with Crippen LogP contribution in [0, 0.1) is 39.4 Å². The van der Waals surface area contributed by atoms with E-state index in [1.54, 1.807) is 18.2 Å². The van der Waals surface area contributed by atoms with Crippen molar-refractivity contribution in [1.29, 1.82) is 15.8 Å². The molecule has 0 rings (SSSR count). The summed E-state index contributed by atoms with van der Waals surface area (Å²) in [5, 5.41) is 34.2. The summed E-state index contributed by atoms with van der Waals surface area (Å²) in [4.78, 5) is 10.8. The number of nitriles is 3.